The molecule has 200 valence electrons. The van der Waals surface area contributed by atoms with Crippen molar-refractivity contribution in [3.63, 3.8) is 0 Å². The first kappa shape index (κ1) is 27.1. The van der Waals surface area contributed by atoms with Gasteiger partial charge in [-0.15, -0.1) is 0 Å². The molecule has 2 aliphatic rings. The van der Waals surface area contributed by atoms with E-state index in [1.807, 2.05) is 32.1 Å². The van der Waals surface area contributed by atoms with Crippen LogP contribution >= 0.6 is 0 Å². The molecule has 0 radical (unpaired) electrons. The number of hydrogen-bond acceptors (Lipinski definition) is 6. The molecule has 2 amide bonds. The second-order valence-corrected chi connectivity index (χ2v) is 9.15. The van der Waals surface area contributed by atoms with E-state index in [1.54, 1.807) is 4.90 Å². The summed E-state index contributed by atoms with van der Waals surface area (Å²) in [5.74, 6) is -0.236. The number of aromatic amines is 1. The van der Waals surface area contributed by atoms with Gasteiger partial charge in [0.25, 0.3) is 11.8 Å². The third-order valence-electron chi connectivity index (χ3n) is 6.67. The minimum atomic E-state index is -0.143. The lowest BCUT2D eigenvalue weighted by atomic mass is 10.0. The van der Waals surface area contributed by atoms with Gasteiger partial charge in [0.1, 0.15) is 0 Å². The van der Waals surface area contributed by atoms with Crippen LogP contribution in [0.5, 0.6) is 0 Å². The van der Waals surface area contributed by atoms with E-state index in [2.05, 4.69) is 23.3 Å². The lowest BCUT2D eigenvalue weighted by molar-refractivity contribution is -0.110. The van der Waals surface area contributed by atoms with Crippen molar-refractivity contribution in [3.05, 3.63) is 51.8 Å². The van der Waals surface area contributed by atoms with E-state index in [0.29, 0.717) is 77.1 Å². The fourth-order valence-electron chi connectivity index (χ4n) is 4.57. The number of ether oxygens (including phenoxy) is 4. The van der Waals surface area contributed by atoms with Crippen molar-refractivity contribution in [1.29, 1.82) is 0 Å². The molecule has 0 atom stereocenters. The Morgan fingerprint density at radius 2 is 1.54 bits per heavy atom. The lowest BCUT2D eigenvalue weighted by Gasteiger charge is -2.23. The molecular weight excluding hydrogens is 474 g/mol. The molecule has 1 fully saturated rings. The number of nitrogens with zero attached hydrogens (tertiary/aromatic N) is 1. The van der Waals surface area contributed by atoms with E-state index < -0.39 is 0 Å². The van der Waals surface area contributed by atoms with Gasteiger partial charge in [-0.3, -0.25) is 9.59 Å². The van der Waals surface area contributed by atoms with E-state index in [9.17, 15) is 9.59 Å². The molecule has 2 aromatic rings. The number of fused-ring (bicyclic) bond motifs is 1. The largest absolute Gasteiger partial charge is 0.377 e. The van der Waals surface area contributed by atoms with E-state index in [1.165, 1.54) is 0 Å². The van der Waals surface area contributed by atoms with Crippen LogP contribution in [0, 0.1) is 13.8 Å². The predicted octanol–water partition coefficient (Wildman–Crippen LogP) is 3.21. The lowest BCUT2D eigenvalue weighted by Crippen LogP contribution is -2.37. The first-order chi connectivity index (χ1) is 18.0. The molecule has 9 heteroatoms. The minimum Gasteiger partial charge on any atom is -0.377 e. The number of H-pyrrole nitrogens is 1. The number of hydrogen-bond donors (Lipinski definition) is 2. The fourth-order valence-corrected chi connectivity index (χ4v) is 4.57. The highest BCUT2D eigenvalue weighted by Crippen LogP contribution is 2.35. The summed E-state index contributed by atoms with van der Waals surface area (Å²) in [6.07, 6.45) is 2.73. The van der Waals surface area contributed by atoms with Gasteiger partial charge in [0.2, 0.25) is 0 Å². The van der Waals surface area contributed by atoms with Crippen molar-refractivity contribution in [3.8, 4) is 0 Å². The molecule has 0 unspecified atom stereocenters. The van der Waals surface area contributed by atoms with Crippen LogP contribution in [0.2, 0.25) is 0 Å². The molecule has 37 heavy (non-hydrogen) atoms. The van der Waals surface area contributed by atoms with E-state index in [4.69, 9.17) is 18.9 Å². The predicted molar refractivity (Wildman–Crippen MR) is 142 cm³/mol. The number of nitrogens with one attached hydrogen (secondary N) is 2. The minimum absolute atomic E-state index is 0.0931. The molecule has 3 heterocycles. The van der Waals surface area contributed by atoms with Gasteiger partial charge in [0.15, 0.2) is 0 Å². The molecule has 2 aliphatic heterocycles. The molecule has 4 rings (SSSR count). The summed E-state index contributed by atoms with van der Waals surface area (Å²) in [6.45, 7) is 10.5. The van der Waals surface area contributed by atoms with Crippen molar-refractivity contribution in [2.24, 2.45) is 0 Å². The number of aromatic nitrogens is 1. The maximum Gasteiger partial charge on any atom is 0.256 e. The van der Waals surface area contributed by atoms with Crippen LogP contribution in [0.1, 0.15) is 45.4 Å². The van der Waals surface area contributed by atoms with Crippen molar-refractivity contribution >= 4 is 29.2 Å². The van der Waals surface area contributed by atoms with E-state index in [0.717, 1.165) is 40.2 Å². The summed E-state index contributed by atoms with van der Waals surface area (Å²) in [4.78, 5) is 31.5. The average molecular weight is 512 g/mol. The standard InChI is InChI=1S/C28H37N3O6/c1-4-21-5-6-24-22(17-21)23(27(32)30-24)18-25-19(2)26(20(3)29-25)28(33)31-7-9-34-11-13-36-15-16-37-14-12-35-10-8-31/h5-6,17-18,29H,4,7-16H2,1-3H3,(H,30,32)/b23-18-. The Morgan fingerprint density at radius 3 is 2.14 bits per heavy atom. The smallest absolute Gasteiger partial charge is 0.256 e. The molecule has 1 saturated heterocycles. The normalized spacial score (nSPS) is 19.3. The maximum absolute atomic E-state index is 13.7. The van der Waals surface area contributed by atoms with Gasteiger partial charge >= 0.3 is 0 Å². The molecule has 2 N–H and O–H groups in total. The molecule has 1 aromatic carbocycles. The Bertz CT molecular complexity index is 1120. The van der Waals surface area contributed by atoms with Gasteiger partial charge in [-0.25, -0.2) is 0 Å². The fraction of sp³-hybridized carbons (Fsp3) is 0.500. The first-order valence-electron chi connectivity index (χ1n) is 12.9. The Labute approximate surface area is 218 Å². The highest BCUT2D eigenvalue weighted by Gasteiger charge is 2.27. The van der Waals surface area contributed by atoms with E-state index >= 15 is 0 Å². The third-order valence-corrected chi connectivity index (χ3v) is 6.67. The number of anilines is 1. The van der Waals surface area contributed by atoms with Crippen molar-refractivity contribution in [1.82, 2.24) is 9.88 Å². The molecular formula is C28H37N3O6. The molecule has 1 aromatic heterocycles. The Balaban J connectivity index is 1.54. The van der Waals surface area contributed by atoms with Gasteiger partial charge in [-0.1, -0.05) is 13.0 Å². The zero-order valence-corrected chi connectivity index (χ0v) is 22.0. The second kappa shape index (κ2) is 13.0. The van der Waals surface area contributed by atoms with Crippen LogP contribution in [0.25, 0.3) is 11.6 Å². The van der Waals surface area contributed by atoms with Crippen molar-refractivity contribution in [2.45, 2.75) is 27.2 Å². The van der Waals surface area contributed by atoms with Crippen molar-refractivity contribution < 1.29 is 28.5 Å². The van der Waals surface area contributed by atoms with Gasteiger partial charge in [-0.2, -0.15) is 0 Å². The number of amides is 2. The molecule has 0 aliphatic carbocycles. The monoisotopic (exact) mass is 511 g/mol. The van der Waals surface area contributed by atoms with Crippen LogP contribution in [0.4, 0.5) is 5.69 Å². The molecule has 9 nitrogen and oxygen atoms in total. The summed E-state index contributed by atoms with van der Waals surface area (Å²) in [5, 5.41) is 2.94. The first-order valence-corrected chi connectivity index (χ1v) is 12.9. The van der Waals surface area contributed by atoms with Gasteiger partial charge in [0, 0.05) is 35.7 Å². The van der Waals surface area contributed by atoms with Crippen LogP contribution in [0.15, 0.2) is 18.2 Å². The topological polar surface area (TPSA) is 102 Å². The summed E-state index contributed by atoms with van der Waals surface area (Å²) in [5.41, 5.74) is 6.38. The van der Waals surface area contributed by atoms with Crippen LogP contribution in [0.3, 0.4) is 0 Å². The maximum atomic E-state index is 13.7. The Hall–Kier alpha value is -2.98. The van der Waals surface area contributed by atoms with E-state index in [-0.39, 0.29) is 11.8 Å². The number of carbonyl (C=O) groups excluding carboxylic acids is 2. The number of benzene rings is 1. The quantitative estimate of drug-likeness (QED) is 0.614. The highest BCUT2D eigenvalue weighted by molar-refractivity contribution is 6.35. The molecule has 0 saturated carbocycles. The van der Waals surface area contributed by atoms with Crippen LogP contribution in [-0.2, 0) is 30.2 Å². The summed E-state index contributed by atoms with van der Waals surface area (Å²) < 4.78 is 22.3. The van der Waals surface area contributed by atoms with Gasteiger partial charge < -0.3 is 34.1 Å². The number of rotatable bonds is 3. The number of aryl methyl sites for hydroxylation is 2. The van der Waals surface area contributed by atoms with Crippen molar-refractivity contribution in [2.75, 3.05) is 71.3 Å². The van der Waals surface area contributed by atoms with Gasteiger partial charge in [0.05, 0.1) is 64.0 Å². The summed E-state index contributed by atoms with van der Waals surface area (Å²) in [6, 6.07) is 6.02. The second-order valence-electron chi connectivity index (χ2n) is 9.15. The van der Waals surface area contributed by atoms with Crippen LogP contribution in [-0.4, -0.2) is 87.6 Å². The Kier molecular flexibility index (Phi) is 9.51. The van der Waals surface area contributed by atoms with Gasteiger partial charge in [-0.05, 0) is 49.6 Å². The van der Waals surface area contributed by atoms with Crippen LogP contribution < -0.4 is 5.32 Å². The molecule has 0 spiro atoms. The summed E-state index contributed by atoms with van der Waals surface area (Å²) >= 11 is 0. The SMILES string of the molecule is CCc1ccc2c(c1)/C(=C/c1[nH]c(C)c(C(=O)N3CCOCCOCCOCCOCC3)c1C)C(=O)N2. The number of carbonyl (C=O) groups is 2. The zero-order valence-electron chi connectivity index (χ0n) is 22.0. The average Bonchev–Trinajstić information content (AvgIpc) is 3.35. The highest BCUT2D eigenvalue weighted by atomic mass is 16.6. The molecule has 0 bridgehead atoms. The zero-order chi connectivity index (χ0) is 26.2. The Morgan fingerprint density at radius 1 is 0.946 bits per heavy atom. The third kappa shape index (κ3) is 6.67. The summed E-state index contributed by atoms with van der Waals surface area (Å²) in [7, 11) is 0.